The van der Waals surface area contributed by atoms with E-state index in [2.05, 4.69) is 17.2 Å². The molecule has 1 aliphatic carbocycles. The Hall–Kier alpha value is -2.14. The van der Waals surface area contributed by atoms with Gasteiger partial charge < -0.3 is 10.2 Å². The number of carbonyl (C=O) groups excluding carboxylic acids is 1. The van der Waals surface area contributed by atoms with Crippen molar-refractivity contribution >= 4 is 23.3 Å². The molecule has 1 saturated carbocycles. The van der Waals surface area contributed by atoms with E-state index < -0.39 is 5.82 Å². The predicted molar refractivity (Wildman–Crippen MR) is 96.1 cm³/mol. The van der Waals surface area contributed by atoms with Gasteiger partial charge in [-0.15, -0.1) is 0 Å². The molecule has 0 spiro atoms. The minimum atomic E-state index is -0.425. The molecule has 3 heterocycles. The van der Waals surface area contributed by atoms with Crippen LogP contribution in [0, 0.1) is 11.7 Å². The van der Waals surface area contributed by atoms with Crippen molar-refractivity contribution in [3.8, 4) is 11.1 Å². The summed E-state index contributed by atoms with van der Waals surface area (Å²) in [5.74, 6) is 0.265. The molecule has 1 aromatic heterocycles. The molecule has 1 aromatic carbocycles. The fraction of sp³-hybridized carbons (Fsp3) is 0.368. The molecule has 2 aliphatic heterocycles. The molecule has 3 fully saturated rings. The average molecular weight is 360 g/mol. The highest BCUT2D eigenvalue weighted by atomic mass is 35.5. The summed E-state index contributed by atoms with van der Waals surface area (Å²) in [6, 6.07) is 7.24. The summed E-state index contributed by atoms with van der Waals surface area (Å²) < 4.78 is 13.4. The number of urea groups is 1. The SMILES string of the molecule is C[C@@H]1C[C@@H]2C[C@H](C1)N2C(=O)Nc1ccc(Cl)c(-c2cncc(F)c2)c1. The zero-order chi connectivity index (χ0) is 17.6. The van der Waals surface area contributed by atoms with Crippen molar-refractivity contribution in [2.75, 3.05) is 5.32 Å². The van der Waals surface area contributed by atoms with E-state index in [-0.39, 0.29) is 6.03 Å². The van der Waals surface area contributed by atoms with E-state index in [1.165, 1.54) is 6.07 Å². The Bertz CT molecular complexity index is 816. The van der Waals surface area contributed by atoms with Crippen LogP contribution < -0.4 is 5.32 Å². The van der Waals surface area contributed by atoms with Crippen LogP contribution in [0.15, 0.2) is 36.7 Å². The highest BCUT2D eigenvalue weighted by Crippen LogP contribution is 2.41. The summed E-state index contributed by atoms with van der Waals surface area (Å²) in [4.78, 5) is 18.4. The van der Waals surface area contributed by atoms with E-state index >= 15 is 0 Å². The topological polar surface area (TPSA) is 45.2 Å². The maximum absolute atomic E-state index is 13.4. The molecule has 3 aliphatic rings. The number of piperidine rings is 1. The number of halogens is 2. The fourth-order valence-electron chi connectivity index (χ4n) is 4.05. The molecular weight excluding hydrogens is 341 g/mol. The summed E-state index contributed by atoms with van der Waals surface area (Å²) in [6.07, 6.45) is 5.96. The number of hydrogen-bond donors (Lipinski definition) is 1. The molecule has 130 valence electrons. The van der Waals surface area contributed by atoms with E-state index in [0.717, 1.165) is 25.5 Å². The van der Waals surface area contributed by atoms with Crippen molar-refractivity contribution < 1.29 is 9.18 Å². The van der Waals surface area contributed by atoms with E-state index in [4.69, 9.17) is 11.6 Å². The van der Waals surface area contributed by atoms with E-state index in [9.17, 15) is 9.18 Å². The number of anilines is 1. The number of aromatic nitrogens is 1. The minimum absolute atomic E-state index is 0.0706. The van der Waals surface area contributed by atoms with Gasteiger partial charge in [-0.3, -0.25) is 4.98 Å². The Kier molecular flexibility index (Phi) is 4.12. The number of pyridine rings is 1. The summed E-state index contributed by atoms with van der Waals surface area (Å²) in [5, 5.41) is 3.44. The first-order valence-corrected chi connectivity index (χ1v) is 8.89. The van der Waals surface area contributed by atoms with Crippen LogP contribution in [0.25, 0.3) is 11.1 Å². The molecule has 4 nitrogen and oxygen atoms in total. The van der Waals surface area contributed by atoms with Crippen molar-refractivity contribution in [3.05, 3.63) is 47.5 Å². The van der Waals surface area contributed by atoms with Gasteiger partial charge in [-0.25, -0.2) is 9.18 Å². The largest absolute Gasteiger partial charge is 0.322 e. The zero-order valence-electron chi connectivity index (χ0n) is 13.9. The lowest BCUT2D eigenvalue weighted by Gasteiger charge is -2.54. The van der Waals surface area contributed by atoms with Gasteiger partial charge in [0.25, 0.3) is 0 Å². The Labute approximate surface area is 151 Å². The summed E-state index contributed by atoms with van der Waals surface area (Å²) in [7, 11) is 0. The lowest BCUT2D eigenvalue weighted by molar-refractivity contribution is -0.00600. The number of benzene rings is 1. The van der Waals surface area contributed by atoms with Crippen LogP contribution in [0.3, 0.4) is 0 Å². The molecule has 0 radical (unpaired) electrons. The normalized spacial score (nSPS) is 24.6. The van der Waals surface area contributed by atoms with E-state index in [1.807, 2.05) is 4.90 Å². The van der Waals surface area contributed by atoms with Crippen LogP contribution in [-0.4, -0.2) is 28.0 Å². The molecule has 2 aromatic rings. The fourth-order valence-corrected chi connectivity index (χ4v) is 4.28. The molecule has 2 bridgehead atoms. The summed E-state index contributed by atoms with van der Waals surface area (Å²) >= 11 is 6.24. The third-order valence-corrected chi connectivity index (χ3v) is 5.48. The quantitative estimate of drug-likeness (QED) is 0.824. The lowest BCUT2D eigenvalue weighted by atomic mass is 9.74. The maximum Gasteiger partial charge on any atom is 0.322 e. The van der Waals surface area contributed by atoms with Gasteiger partial charge in [0.1, 0.15) is 5.82 Å². The lowest BCUT2D eigenvalue weighted by Crippen LogP contribution is -2.63. The average Bonchev–Trinajstić information content (AvgIpc) is 2.56. The summed E-state index contributed by atoms with van der Waals surface area (Å²) in [6.45, 7) is 2.24. The highest BCUT2D eigenvalue weighted by molar-refractivity contribution is 6.33. The number of fused-ring (bicyclic) bond motifs is 2. The van der Waals surface area contributed by atoms with Crippen LogP contribution in [0.5, 0.6) is 0 Å². The van der Waals surface area contributed by atoms with E-state index in [1.54, 1.807) is 24.4 Å². The van der Waals surface area contributed by atoms with E-state index in [0.29, 0.717) is 39.8 Å². The number of nitrogens with one attached hydrogen (secondary N) is 1. The molecule has 2 amide bonds. The van der Waals surface area contributed by atoms with Crippen LogP contribution in [-0.2, 0) is 0 Å². The number of amides is 2. The molecule has 25 heavy (non-hydrogen) atoms. The highest BCUT2D eigenvalue weighted by Gasteiger charge is 2.46. The molecule has 6 heteroatoms. The first kappa shape index (κ1) is 16.3. The summed E-state index contributed by atoms with van der Waals surface area (Å²) in [5.41, 5.74) is 1.87. The van der Waals surface area contributed by atoms with Crippen molar-refractivity contribution in [1.82, 2.24) is 9.88 Å². The molecule has 1 N–H and O–H groups in total. The van der Waals surface area contributed by atoms with Crippen molar-refractivity contribution in [3.63, 3.8) is 0 Å². The van der Waals surface area contributed by atoms with Crippen LogP contribution in [0.4, 0.5) is 14.9 Å². The van der Waals surface area contributed by atoms with Gasteiger partial charge in [0.2, 0.25) is 0 Å². The van der Waals surface area contributed by atoms with Gasteiger partial charge in [0.05, 0.1) is 6.20 Å². The minimum Gasteiger partial charge on any atom is -0.318 e. The molecule has 2 saturated heterocycles. The first-order valence-electron chi connectivity index (χ1n) is 8.51. The third kappa shape index (κ3) is 3.09. The zero-order valence-corrected chi connectivity index (χ0v) is 14.6. The van der Waals surface area contributed by atoms with Crippen LogP contribution in [0.1, 0.15) is 26.2 Å². The monoisotopic (exact) mass is 359 g/mol. The van der Waals surface area contributed by atoms with Crippen molar-refractivity contribution in [2.24, 2.45) is 5.92 Å². The van der Waals surface area contributed by atoms with Gasteiger partial charge >= 0.3 is 6.03 Å². The maximum atomic E-state index is 13.4. The van der Waals surface area contributed by atoms with Crippen molar-refractivity contribution in [2.45, 2.75) is 38.3 Å². The van der Waals surface area contributed by atoms with Gasteiger partial charge in [-0.2, -0.15) is 0 Å². The molecule has 5 rings (SSSR count). The van der Waals surface area contributed by atoms with Gasteiger partial charge in [-0.1, -0.05) is 18.5 Å². The van der Waals surface area contributed by atoms with Crippen LogP contribution in [0.2, 0.25) is 5.02 Å². The first-order chi connectivity index (χ1) is 12.0. The number of carbonyl (C=O) groups is 1. The Morgan fingerprint density at radius 3 is 2.72 bits per heavy atom. The molecule has 0 unspecified atom stereocenters. The Morgan fingerprint density at radius 1 is 1.24 bits per heavy atom. The molecular formula is C19H19ClFN3O. The third-order valence-electron chi connectivity index (χ3n) is 5.15. The van der Waals surface area contributed by atoms with Gasteiger partial charge in [0.15, 0.2) is 0 Å². The molecule has 3 atom stereocenters. The number of hydrogen-bond acceptors (Lipinski definition) is 2. The predicted octanol–water partition coefficient (Wildman–Crippen LogP) is 4.95. The van der Waals surface area contributed by atoms with Gasteiger partial charge in [0, 0.05) is 40.1 Å². The van der Waals surface area contributed by atoms with Crippen molar-refractivity contribution in [1.29, 1.82) is 0 Å². The second-order valence-corrected chi connectivity index (χ2v) is 7.45. The number of rotatable bonds is 2. The second-order valence-electron chi connectivity index (χ2n) is 7.04. The standard InChI is InChI=1S/C19H19ClFN3O/c1-11-4-15-8-16(5-11)24(15)19(25)23-14-2-3-18(20)17(7-14)12-6-13(21)10-22-9-12/h2-3,6-7,9-11,15-16H,4-5,8H2,1H3,(H,23,25)/t11-,15-,16+. The Balaban J connectivity index is 1.54. The van der Waals surface area contributed by atoms with Gasteiger partial charge in [-0.05, 0) is 49.4 Å². The van der Waals surface area contributed by atoms with Crippen LogP contribution >= 0.6 is 11.6 Å². The second kappa shape index (κ2) is 6.30. The number of nitrogens with zero attached hydrogens (tertiary/aromatic N) is 2. The smallest absolute Gasteiger partial charge is 0.318 e. The Morgan fingerprint density at radius 2 is 2.00 bits per heavy atom.